The number of carboxylic acid groups (broad SMARTS) is 1. The van der Waals surface area contributed by atoms with Crippen molar-refractivity contribution in [3.63, 3.8) is 0 Å². The topological polar surface area (TPSA) is 55.4 Å². The maximum Gasteiger partial charge on any atom is 1.00 e. The van der Waals surface area contributed by atoms with Crippen LogP contribution in [-0.2, 0) is 11.2 Å². The molecular formula is C21H25N2NaO2. The Bertz CT molecular complexity index is 696. The Balaban J connectivity index is 0.00000243. The van der Waals surface area contributed by atoms with E-state index in [4.69, 9.17) is 0 Å². The first kappa shape index (κ1) is 21.0. The van der Waals surface area contributed by atoms with Crippen molar-refractivity contribution < 1.29 is 39.5 Å². The van der Waals surface area contributed by atoms with E-state index in [-0.39, 0.29) is 29.6 Å². The Morgan fingerprint density at radius 2 is 1.69 bits per heavy atom. The second-order valence-corrected chi connectivity index (χ2v) is 6.94. The van der Waals surface area contributed by atoms with E-state index in [9.17, 15) is 9.90 Å². The molecule has 2 aromatic carbocycles. The first-order valence-electron chi connectivity index (χ1n) is 8.90. The number of carbonyl (C=O) groups is 1. The van der Waals surface area contributed by atoms with Crippen molar-refractivity contribution in [2.75, 3.05) is 25.0 Å². The van der Waals surface area contributed by atoms with E-state index in [0.29, 0.717) is 12.8 Å². The molecular weight excluding hydrogens is 335 g/mol. The molecule has 1 aliphatic rings. The number of nitrogens with one attached hydrogen (secondary N) is 1. The molecule has 1 saturated heterocycles. The molecule has 132 valence electrons. The van der Waals surface area contributed by atoms with Gasteiger partial charge in [0.25, 0.3) is 0 Å². The van der Waals surface area contributed by atoms with Crippen molar-refractivity contribution in [3.8, 4) is 0 Å². The van der Waals surface area contributed by atoms with Crippen LogP contribution in [0.4, 0.5) is 5.69 Å². The van der Waals surface area contributed by atoms with Crippen molar-refractivity contribution in [1.82, 2.24) is 4.90 Å². The van der Waals surface area contributed by atoms with E-state index in [0.717, 1.165) is 37.3 Å². The van der Waals surface area contributed by atoms with Gasteiger partial charge >= 0.3 is 29.6 Å². The third-order valence-electron chi connectivity index (χ3n) is 5.10. The number of aryl methyl sites for hydroxylation is 1. The number of hydrogen-bond donors (Lipinski definition) is 1. The normalized spacial score (nSPS) is 16.5. The zero-order chi connectivity index (χ0) is 17.7. The molecule has 0 amide bonds. The average molecular weight is 360 g/mol. The minimum atomic E-state index is -1.00. The molecule has 1 aliphatic heterocycles. The standard InChI is InChI=1S/C21H26N2O2.Na/c1-17-7-9-19(10-8-17)22-21(20(24)25)12-15-23(16-13-21)14-11-18-5-3-2-4-6-18;/h2-10,22H,11-16H2,1H3,(H,24,25);/q;+1/p-1. The smallest absolute Gasteiger partial charge is 0.548 e. The molecule has 5 heteroatoms. The van der Waals surface area contributed by atoms with E-state index in [2.05, 4.69) is 34.5 Å². The van der Waals surface area contributed by atoms with Crippen molar-refractivity contribution in [1.29, 1.82) is 0 Å². The minimum absolute atomic E-state index is 0. The van der Waals surface area contributed by atoms with Gasteiger partial charge in [0.15, 0.2) is 0 Å². The molecule has 0 aromatic heterocycles. The van der Waals surface area contributed by atoms with E-state index >= 15 is 0 Å². The van der Waals surface area contributed by atoms with Crippen LogP contribution in [0.2, 0.25) is 0 Å². The van der Waals surface area contributed by atoms with Crippen LogP contribution in [0.25, 0.3) is 0 Å². The Morgan fingerprint density at radius 1 is 1.08 bits per heavy atom. The van der Waals surface area contributed by atoms with Gasteiger partial charge in [-0.05, 0) is 43.9 Å². The number of aliphatic carboxylic acids is 1. The van der Waals surface area contributed by atoms with Crippen LogP contribution in [-0.4, -0.2) is 36.0 Å². The number of likely N-dealkylation sites (tertiary alicyclic amines) is 1. The van der Waals surface area contributed by atoms with Crippen LogP contribution in [0.1, 0.15) is 24.0 Å². The van der Waals surface area contributed by atoms with Gasteiger partial charge in [-0.1, -0.05) is 48.0 Å². The number of carboxylic acids is 1. The Hall–Kier alpha value is -1.33. The van der Waals surface area contributed by atoms with Gasteiger partial charge in [-0.25, -0.2) is 0 Å². The van der Waals surface area contributed by atoms with Crippen LogP contribution in [0, 0.1) is 6.92 Å². The first-order valence-corrected chi connectivity index (χ1v) is 8.90. The van der Waals surface area contributed by atoms with Gasteiger partial charge in [-0.15, -0.1) is 0 Å². The number of hydrogen-bond acceptors (Lipinski definition) is 4. The number of carbonyl (C=O) groups excluding carboxylic acids is 1. The van der Waals surface area contributed by atoms with Crippen molar-refractivity contribution in [3.05, 3.63) is 65.7 Å². The predicted octanol–water partition coefficient (Wildman–Crippen LogP) is -0.762. The second kappa shape index (κ2) is 9.56. The van der Waals surface area contributed by atoms with Crippen LogP contribution in [0.5, 0.6) is 0 Å². The fourth-order valence-electron chi connectivity index (χ4n) is 3.38. The third-order valence-corrected chi connectivity index (χ3v) is 5.10. The Labute approximate surface area is 177 Å². The molecule has 0 bridgehead atoms. The van der Waals surface area contributed by atoms with E-state index in [1.807, 2.05) is 37.3 Å². The molecule has 4 nitrogen and oxygen atoms in total. The zero-order valence-electron chi connectivity index (χ0n) is 15.7. The molecule has 3 rings (SSSR count). The van der Waals surface area contributed by atoms with E-state index in [1.54, 1.807) is 0 Å². The van der Waals surface area contributed by atoms with Crippen molar-refractivity contribution in [2.24, 2.45) is 0 Å². The predicted molar refractivity (Wildman–Crippen MR) is 98.4 cm³/mol. The molecule has 0 aliphatic carbocycles. The molecule has 2 aromatic rings. The van der Waals surface area contributed by atoms with Crippen molar-refractivity contribution >= 4 is 11.7 Å². The quantitative estimate of drug-likeness (QED) is 0.688. The third kappa shape index (κ3) is 5.34. The van der Waals surface area contributed by atoms with Gasteiger partial charge in [-0.3, -0.25) is 0 Å². The number of anilines is 1. The first-order chi connectivity index (χ1) is 12.1. The van der Waals surface area contributed by atoms with Crippen LogP contribution < -0.4 is 40.0 Å². The largest absolute Gasteiger partial charge is 1.00 e. The number of piperidine rings is 1. The molecule has 0 radical (unpaired) electrons. The summed E-state index contributed by atoms with van der Waals surface area (Å²) in [5, 5.41) is 15.1. The molecule has 1 N–H and O–H groups in total. The van der Waals surface area contributed by atoms with Crippen LogP contribution in [0.3, 0.4) is 0 Å². The number of nitrogens with zero attached hydrogens (tertiary/aromatic N) is 1. The summed E-state index contributed by atoms with van der Waals surface area (Å²) in [6, 6.07) is 18.2. The van der Waals surface area contributed by atoms with Crippen molar-refractivity contribution in [2.45, 2.75) is 31.7 Å². The summed E-state index contributed by atoms with van der Waals surface area (Å²) in [6.07, 6.45) is 2.10. The van der Waals surface area contributed by atoms with E-state index < -0.39 is 11.5 Å². The summed E-state index contributed by atoms with van der Waals surface area (Å²) in [6.45, 7) is 4.50. The van der Waals surface area contributed by atoms with Gasteiger partial charge in [0.05, 0.1) is 11.5 Å². The number of rotatable bonds is 6. The van der Waals surface area contributed by atoms with Gasteiger partial charge in [0.2, 0.25) is 0 Å². The van der Waals surface area contributed by atoms with E-state index in [1.165, 1.54) is 5.56 Å². The SMILES string of the molecule is Cc1ccc(NC2(C(=O)[O-])CCN(CCc3ccccc3)CC2)cc1.[Na+]. The summed E-state index contributed by atoms with van der Waals surface area (Å²) in [4.78, 5) is 14.2. The Kier molecular flexibility index (Phi) is 7.71. The summed E-state index contributed by atoms with van der Waals surface area (Å²) >= 11 is 0. The second-order valence-electron chi connectivity index (χ2n) is 6.94. The summed E-state index contributed by atoms with van der Waals surface area (Å²) < 4.78 is 0. The Morgan fingerprint density at radius 3 is 2.27 bits per heavy atom. The number of benzene rings is 2. The van der Waals surface area contributed by atoms with Gasteiger partial charge < -0.3 is 20.1 Å². The molecule has 0 saturated carbocycles. The van der Waals surface area contributed by atoms with Crippen LogP contribution in [0.15, 0.2) is 54.6 Å². The van der Waals surface area contributed by atoms with Crippen LogP contribution >= 0.6 is 0 Å². The summed E-state index contributed by atoms with van der Waals surface area (Å²) in [7, 11) is 0. The molecule has 1 fully saturated rings. The molecule has 0 spiro atoms. The maximum absolute atomic E-state index is 11.8. The summed E-state index contributed by atoms with van der Waals surface area (Å²) in [5.41, 5.74) is 2.34. The fourth-order valence-corrected chi connectivity index (χ4v) is 3.38. The fraction of sp³-hybridized carbons (Fsp3) is 0.381. The van der Waals surface area contributed by atoms with Gasteiger partial charge in [-0.2, -0.15) is 0 Å². The molecule has 0 unspecified atom stereocenters. The zero-order valence-corrected chi connectivity index (χ0v) is 17.7. The van der Waals surface area contributed by atoms with Gasteiger partial charge in [0, 0.05) is 25.3 Å². The monoisotopic (exact) mass is 360 g/mol. The van der Waals surface area contributed by atoms with Gasteiger partial charge in [0.1, 0.15) is 0 Å². The molecule has 0 atom stereocenters. The minimum Gasteiger partial charge on any atom is -0.548 e. The average Bonchev–Trinajstić information content (AvgIpc) is 2.64. The maximum atomic E-state index is 11.8. The molecule has 1 heterocycles. The molecule has 26 heavy (non-hydrogen) atoms. The summed E-state index contributed by atoms with van der Waals surface area (Å²) in [5.74, 6) is -1.00.